The predicted molar refractivity (Wildman–Crippen MR) is 97.0 cm³/mol. The molecule has 6 heteroatoms. The van der Waals surface area contributed by atoms with E-state index in [0.29, 0.717) is 36.5 Å². The Morgan fingerprint density at radius 2 is 1.85 bits per heavy atom. The number of hydrogen-bond acceptors (Lipinski definition) is 4. The molecule has 0 atom stereocenters. The quantitative estimate of drug-likeness (QED) is 0.484. The monoisotopic (exact) mass is 360 g/mol. The minimum Gasteiger partial charge on any atom is -0.444 e. The molecule has 0 spiro atoms. The molecule has 0 aliphatic heterocycles. The van der Waals surface area contributed by atoms with Crippen LogP contribution in [0, 0.1) is 5.82 Å². The molecular weight excluding hydrogens is 335 g/mol. The van der Waals surface area contributed by atoms with Crippen molar-refractivity contribution in [3.05, 3.63) is 42.0 Å². The molecule has 2 aromatic rings. The molecule has 0 radical (unpaired) electrons. The van der Waals surface area contributed by atoms with Crippen molar-refractivity contribution < 1.29 is 18.4 Å². The van der Waals surface area contributed by atoms with Gasteiger partial charge in [-0.05, 0) is 30.7 Å². The number of rotatable bonds is 11. The van der Waals surface area contributed by atoms with Crippen molar-refractivity contribution in [1.29, 1.82) is 0 Å². The molecule has 5 nitrogen and oxygen atoms in total. The number of nitrogens with one attached hydrogen (secondary N) is 1. The largest absolute Gasteiger partial charge is 0.444 e. The third kappa shape index (κ3) is 6.43. The fraction of sp³-hybridized carbons (Fsp3) is 0.450. The van der Waals surface area contributed by atoms with Gasteiger partial charge in [-0.1, -0.05) is 32.6 Å². The number of amides is 1. The number of carbonyl (C=O) groups excluding carboxylic acids is 2. The van der Waals surface area contributed by atoms with Gasteiger partial charge in [-0.2, -0.15) is 0 Å². The molecule has 0 bridgehead atoms. The molecule has 1 N–H and O–H groups in total. The van der Waals surface area contributed by atoms with Gasteiger partial charge in [-0.25, -0.2) is 9.37 Å². The highest BCUT2D eigenvalue weighted by molar-refractivity contribution is 6.36. The molecular formula is C20H25FN2O3. The van der Waals surface area contributed by atoms with E-state index in [0.717, 1.165) is 32.1 Å². The summed E-state index contributed by atoms with van der Waals surface area (Å²) in [5.41, 5.74) is 1.34. The zero-order valence-electron chi connectivity index (χ0n) is 15.1. The van der Waals surface area contributed by atoms with E-state index in [-0.39, 0.29) is 11.6 Å². The number of hydrogen-bond donors (Lipinski definition) is 1. The molecule has 140 valence electrons. The molecule has 1 amide bonds. The third-order valence-corrected chi connectivity index (χ3v) is 4.07. The van der Waals surface area contributed by atoms with Crippen LogP contribution < -0.4 is 5.32 Å². The number of aromatic nitrogens is 1. The average molecular weight is 360 g/mol. The summed E-state index contributed by atoms with van der Waals surface area (Å²) < 4.78 is 18.3. The van der Waals surface area contributed by atoms with E-state index in [2.05, 4.69) is 17.2 Å². The fourth-order valence-corrected chi connectivity index (χ4v) is 2.55. The summed E-state index contributed by atoms with van der Waals surface area (Å²) in [6.45, 7) is 2.45. The topological polar surface area (TPSA) is 72.2 Å². The zero-order valence-corrected chi connectivity index (χ0v) is 15.1. The maximum Gasteiger partial charge on any atom is 0.287 e. The highest BCUT2D eigenvalue weighted by atomic mass is 19.1. The van der Waals surface area contributed by atoms with Crippen molar-refractivity contribution >= 4 is 11.7 Å². The Bertz CT molecular complexity index is 710. The van der Waals surface area contributed by atoms with Gasteiger partial charge in [0.1, 0.15) is 12.1 Å². The maximum absolute atomic E-state index is 12.9. The van der Waals surface area contributed by atoms with E-state index < -0.39 is 5.91 Å². The van der Waals surface area contributed by atoms with E-state index in [4.69, 9.17) is 4.42 Å². The number of unbranched alkanes of at least 4 members (excludes halogenated alkanes) is 4. The first-order valence-corrected chi connectivity index (χ1v) is 9.11. The molecule has 0 saturated carbocycles. The molecule has 0 fully saturated rings. The Balaban J connectivity index is 1.70. The van der Waals surface area contributed by atoms with Crippen LogP contribution in [0.25, 0.3) is 11.5 Å². The van der Waals surface area contributed by atoms with Crippen molar-refractivity contribution in [3.63, 3.8) is 0 Å². The Labute approximate surface area is 153 Å². The van der Waals surface area contributed by atoms with Crippen LogP contribution in [0.15, 0.2) is 34.9 Å². The van der Waals surface area contributed by atoms with Crippen molar-refractivity contribution in [2.75, 3.05) is 6.54 Å². The van der Waals surface area contributed by atoms with Gasteiger partial charge in [-0.15, -0.1) is 0 Å². The number of benzene rings is 1. The normalized spacial score (nSPS) is 10.7. The summed E-state index contributed by atoms with van der Waals surface area (Å²) in [4.78, 5) is 27.8. The predicted octanol–water partition coefficient (Wildman–Crippen LogP) is 4.07. The smallest absolute Gasteiger partial charge is 0.287 e. The Morgan fingerprint density at radius 1 is 1.12 bits per heavy atom. The number of nitrogens with zero attached hydrogens (tertiary/aromatic N) is 1. The summed E-state index contributed by atoms with van der Waals surface area (Å²) >= 11 is 0. The van der Waals surface area contributed by atoms with Crippen LogP contribution in [-0.2, 0) is 16.0 Å². The van der Waals surface area contributed by atoms with Crippen LogP contribution in [-0.4, -0.2) is 23.2 Å². The van der Waals surface area contributed by atoms with Gasteiger partial charge < -0.3 is 9.73 Å². The number of halogens is 1. The second-order valence-corrected chi connectivity index (χ2v) is 6.24. The molecule has 1 aromatic heterocycles. The lowest BCUT2D eigenvalue weighted by molar-refractivity contribution is -0.137. The highest BCUT2D eigenvalue weighted by Gasteiger charge is 2.13. The molecule has 0 saturated heterocycles. The first-order chi connectivity index (χ1) is 12.6. The van der Waals surface area contributed by atoms with Gasteiger partial charge in [0.15, 0.2) is 0 Å². The van der Waals surface area contributed by atoms with E-state index in [1.165, 1.54) is 18.4 Å². The second-order valence-electron chi connectivity index (χ2n) is 6.24. The minimum atomic E-state index is -0.539. The summed E-state index contributed by atoms with van der Waals surface area (Å²) in [6, 6.07) is 5.86. The number of oxazole rings is 1. The first-order valence-electron chi connectivity index (χ1n) is 9.11. The SMILES string of the molecule is CCCCCCCC(=O)C(=O)NCCc1coc(-c2ccc(F)cc2)n1. The van der Waals surface area contributed by atoms with Crippen LogP contribution in [0.3, 0.4) is 0 Å². The lowest BCUT2D eigenvalue weighted by Crippen LogP contribution is -2.32. The van der Waals surface area contributed by atoms with E-state index in [1.54, 1.807) is 12.1 Å². The van der Waals surface area contributed by atoms with Crippen LogP contribution in [0.2, 0.25) is 0 Å². The minimum absolute atomic E-state index is 0.300. The van der Waals surface area contributed by atoms with Crippen LogP contribution in [0.1, 0.15) is 51.1 Å². The summed E-state index contributed by atoms with van der Waals surface area (Å²) in [6.07, 6.45) is 7.43. The van der Waals surface area contributed by atoms with Gasteiger partial charge in [0.05, 0.1) is 5.69 Å². The van der Waals surface area contributed by atoms with Crippen molar-refractivity contribution in [2.24, 2.45) is 0 Å². The lowest BCUT2D eigenvalue weighted by atomic mass is 10.1. The van der Waals surface area contributed by atoms with Gasteiger partial charge in [-0.3, -0.25) is 9.59 Å². The first kappa shape index (κ1) is 19.8. The number of carbonyl (C=O) groups is 2. The van der Waals surface area contributed by atoms with Gasteiger partial charge in [0.25, 0.3) is 5.91 Å². The molecule has 1 aromatic carbocycles. The summed E-state index contributed by atoms with van der Waals surface area (Å²) in [5.74, 6) is -0.829. The standard InChI is InChI=1S/C20H25FN2O3/c1-2-3-4-5-6-7-18(24)19(25)22-13-12-17-14-26-20(23-17)15-8-10-16(21)11-9-15/h8-11,14H,2-7,12-13H2,1H3,(H,22,25). The fourth-order valence-electron chi connectivity index (χ4n) is 2.55. The number of Topliss-reactive ketones (excluding diaryl/α,β-unsaturated/α-hetero) is 1. The Kier molecular flexibility index (Phi) is 7.99. The molecule has 26 heavy (non-hydrogen) atoms. The molecule has 1 heterocycles. The number of ketones is 1. The zero-order chi connectivity index (χ0) is 18.8. The molecule has 0 unspecified atom stereocenters. The van der Waals surface area contributed by atoms with Gasteiger partial charge in [0.2, 0.25) is 11.7 Å². The summed E-state index contributed by atoms with van der Waals surface area (Å²) in [7, 11) is 0. The lowest BCUT2D eigenvalue weighted by Gasteiger charge is -2.03. The Morgan fingerprint density at radius 3 is 2.58 bits per heavy atom. The summed E-state index contributed by atoms with van der Waals surface area (Å²) in [5, 5.41) is 2.62. The van der Waals surface area contributed by atoms with Crippen molar-refractivity contribution in [2.45, 2.75) is 51.9 Å². The Hall–Kier alpha value is -2.50. The van der Waals surface area contributed by atoms with Gasteiger partial charge in [0, 0.05) is 24.9 Å². The second kappa shape index (κ2) is 10.5. The highest BCUT2D eigenvalue weighted by Crippen LogP contribution is 2.19. The maximum atomic E-state index is 12.9. The van der Waals surface area contributed by atoms with Crippen molar-refractivity contribution in [1.82, 2.24) is 10.3 Å². The van der Waals surface area contributed by atoms with Crippen molar-refractivity contribution in [3.8, 4) is 11.5 Å². The average Bonchev–Trinajstić information content (AvgIpc) is 3.10. The molecule has 0 aliphatic carbocycles. The molecule has 0 aliphatic rings. The van der Waals surface area contributed by atoms with Crippen LogP contribution in [0.5, 0.6) is 0 Å². The molecule has 2 rings (SSSR count). The third-order valence-electron chi connectivity index (χ3n) is 4.07. The van der Waals surface area contributed by atoms with E-state index >= 15 is 0 Å². The van der Waals surface area contributed by atoms with E-state index in [1.807, 2.05) is 0 Å². The van der Waals surface area contributed by atoms with Crippen LogP contribution >= 0.6 is 0 Å². The van der Waals surface area contributed by atoms with E-state index in [9.17, 15) is 14.0 Å². The van der Waals surface area contributed by atoms with Gasteiger partial charge >= 0.3 is 0 Å². The van der Waals surface area contributed by atoms with Crippen LogP contribution in [0.4, 0.5) is 4.39 Å².